The molecule has 0 atom stereocenters. The first kappa shape index (κ1) is 23.1. The number of carbonyl (C=O) groups excluding carboxylic acids is 2. The Balaban J connectivity index is 1.65. The van der Waals surface area contributed by atoms with Crippen molar-refractivity contribution in [3.05, 3.63) is 135 Å². The second-order valence-corrected chi connectivity index (χ2v) is 8.57. The van der Waals surface area contributed by atoms with E-state index in [1.54, 1.807) is 42.1 Å². The van der Waals surface area contributed by atoms with Crippen LogP contribution >= 0.6 is 0 Å². The SMILES string of the molecule is Cc1ccnc(C(=O)CC(=O)c2cc(Cc3ccccc3)cc(Cn3cccc(C)c3=O)c2)c1. The molecule has 0 N–H and O–H groups in total. The van der Waals surface area contributed by atoms with Gasteiger partial charge in [-0.2, -0.15) is 0 Å². The molecular weight excluding hydrogens is 424 g/mol. The van der Waals surface area contributed by atoms with Crippen LogP contribution in [0.15, 0.2) is 90.0 Å². The molecule has 2 aromatic carbocycles. The van der Waals surface area contributed by atoms with E-state index in [4.69, 9.17) is 0 Å². The summed E-state index contributed by atoms with van der Waals surface area (Å²) in [4.78, 5) is 42.5. The Hall–Kier alpha value is -4.12. The lowest BCUT2D eigenvalue weighted by atomic mass is 9.96. The Kier molecular flexibility index (Phi) is 6.93. The van der Waals surface area contributed by atoms with E-state index in [1.807, 2.05) is 61.5 Å². The molecular formula is C29H26N2O3. The molecule has 170 valence electrons. The van der Waals surface area contributed by atoms with Gasteiger partial charge in [0, 0.05) is 23.5 Å². The summed E-state index contributed by atoms with van der Waals surface area (Å²) in [7, 11) is 0. The van der Waals surface area contributed by atoms with Crippen molar-refractivity contribution in [3.8, 4) is 0 Å². The lowest BCUT2D eigenvalue weighted by Gasteiger charge is -2.12. The number of rotatable bonds is 8. The Bertz CT molecular complexity index is 1400. The van der Waals surface area contributed by atoms with Gasteiger partial charge >= 0.3 is 0 Å². The number of aromatic nitrogens is 2. The van der Waals surface area contributed by atoms with Crippen LogP contribution < -0.4 is 5.56 Å². The Morgan fingerprint density at radius 3 is 2.35 bits per heavy atom. The maximum absolute atomic E-state index is 13.1. The summed E-state index contributed by atoms with van der Waals surface area (Å²) in [5.41, 5.74) is 5.18. The van der Waals surface area contributed by atoms with Gasteiger partial charge in [0.15, 0.2) is 11.6 Å². The third-order valence-corrected chi connectivity index (χ3v) is 5.71. The van der Waals surface area contributed by atoms with Gasteiger partial charge in [-0.05, 0) is 72.9 Å². The van der Waals surface area contributed by atoms with Crippen molar-refractivity contribution in [3.63, 3.8) is 0 Å². The number of hydrogen-bond acceptors (Lipinski definition) is 4. The van der Waals surface area contributed by atoms with Crippen molar-refractivity contribution in [2.75, 3.05) is 0 Å². The number of Topliss-reactive ketones (excluding diaryl/α,β-unsaturated/α-hetero) is 2. The van der Waals surface area contributed by atoms with Gasteiger partial charge in [-0.25, -0.2) is 0 Å². The maximum atomic E-state index is 13.1. The van der Waals surface area contributed by atoms with Crippen molar-refractivity contribution >= 4 is 11.6 Å². The molecule has 2 heterocycles. The molecule has 0 saturated heterocycles. The zero-order chi connectivity index (χ0) is 24.1. The van der Waals surface area contributed by atoms with Crippen molar-refractivity contribution in [2.45, 2.75) is 33.2 Å². The van der Waals surface area contributed by atoms with E-state index < -0.39 is 0 Å². The van der Waals surface area contributed by atoms with Crippen molar-refractivity contribution in [2.24, 2.45) is 0 Å². The molecule has 0 radical (unpaired) electrons. The van der Waals surface area contributed by atoms with E-state index in [-0.39, 0.29) is 23.5 Å². The van der Waals surface area contributed by atoms with E-state index in [9.17, 15) is 14.4 Å². The highest BCUT2D eigenvalue weighted by atomic mass is 16.1. The van der Waals surface area contributed by atoms with Gasteiger partial charge in [-0.1, -0.05) is 42.5 Å². The second-order valence-electron chi connectivity index (χ2n) is 8.57. The minimum Gasteiger partial charge on any atom is -0.311 e. The number of aryl methyl sites for hydroxylation is 2. The molecule has 0 aliphatic carbocycles. The van der Waals surface area contributed by atoms with Crippen LogP contribution in [0.4, 0.5) is 0 Å². The minimum atomic E-state index is -0.307. The van der Waals surface area contributed by atoms with Crippen LogP contribution in [0, 0.1) is 13.8 Å². The topological polar surface area (TPSA) is 69.0 Å². The number of pyridine rings is 2. The highest BCUT2D eigenvalue weighted by Crippen LogP contribution is 2.18. The fraction of sp³-hybridized carbons (Fsp3) is 0.172. The summed E-state index contributed by atoms with van der Waals surface area (Å²) in [6.45, 7) is 4.01. The Morgan fingerprint density at radius 1 is 0.824 bits per heavy atom. The zero-order valence-electron chi connectivity index (χ0n) is 19.3. The molecule has 34 heavy (non-hydrogen) atoms. The normalized spacial score (nSPS) is 10.8. The van der Waals surface area contributed by atoms with Crippen LogP contribution in [0.5, 0.6) is 0 Å². The van der Waals surface area contributed by atoms with Gasteiger partial charge in [-0.15, -0.1) is 0 Å². The predicted molar refractivity (Wildman–Crippen MR) is 132 cm³/mol. The van der Waals surface area contributed by atoms with Crippen molar-refractivity contribution < 1.29 is 9.59 Å². The first-order valence-electron chi connectivity index (χ1n) is 11.2. The molecule has 2 aromatic heterocycles. The molecule has 5 heteroatoms. The van der Waals surface area contributed by atoms with Gasteiger partial charge in [-0.3, -0.25) is 19.4 Å². The van der Waals surface area contributed by atoms with E-state index in [2.05, 4.69) is 4.98 Å². The average Bonchev–Trinajstić information content (AvgIpc) is 2.82. The first-order chi connectivity index (χ1) is 16.4. The van der Waals surface area contributed by atoms with Gasteiger partial charge in [0.2, 0.25) is 0 Å². The first-order valence-corrected chi connectivity index (χ1v) is 11.2. The van der Waals surface area contributed by atoms with Crippen molar-refractivity contribution in [1.29, 1.82) is 0 Å². The summed E-state index contributed by atoms with van der Waals surface area (Å²) >= 11 is 0. The van der Waals surface area contributed by atoms with E-state index in [0.29, 0.717) is 29.8 Å². The minimum absolute atomic E-state index is 0.0652. The monoisotopic (exact) mass is 450 g/mol. The largest absolute Gasteiger partial charge is 0.311 e. The number of nitrogens with zero attached hydrogens (tertiary/aromatic N) is 2. The lowest BCUT2D eigenvalue weighted by molar-refractivity contribution is 0.0891. The van der Waals surface area contributed by atoms with Crippen LogP contribution in [0.25, 0.3) is 0 Å². The van der Waals surface area contributed by atoms with Crippen LogP contribution in [-0.4, -0.2) is 21.1 Å². The van der Waals surface area contributed by atoms with Gasteiger partial charge in [0.05, 0.1) is 13.0 Å². The van der Waals surface area contributed by atoms with Crippen LogP contribution in [0.1, 0.15) is 55.1 Å². The number of ketones is 2. The smallest absolute Gasteiger partial charge is 0.253 e. The van der Waals surface area contributed by atoms with E-state index in [0.717, 1.165) is 22.3 Å². The fourth-order valence-corrected chi connectivity index (χ4v) is 3.95. The summed E-state index contributed by atoms with van der Waals surface area (Å²) in [5, 5.41) is 0. The van der Waals surface area contributed by atoms with Crippen LogP contribution in [0.2, 0.25) is 0 Å². The average molecular weight is 451 g/mol. The van der Waals surface area contributed by atoms with E-state index in [1.165, 1.54) is 0 Å². The van der Waals surface area contributed by atoms with Crippen LogP contribution in [-0.2, 0) is 13.0 Å². The fourth-order valence-electron chi connectivity index (χ4n) is 3.95. The summed E-state index contributed by atoms with van der Waals surface area (Å²) in [6, 6.07) is 22.7. The predicted octanol–water partition coefficient (Wildman–Crippen LogP) is 4.95. The highest BCUT2D eigenvalue weighted by molar-refractivity contribution is 6.13. The van der Waals surface area contributed by atoms with Gasteiger partial charge in [0.25, 0.3) is 5.56 Å². The van der Waals surface area contributed by atoms with Crippen molar-refractivity contribution in [1.82, 2.24) is 9.55 Å². The number of hydrogen-bond donors (Lipinski definition) is 0. The molecule has 0 saturated carbocycles. The molecule has 0 spiro atoms. The molecule has 0 unspecified atom stereocenters. The molecule has 4 rings (SSSR count). The standard InChI is InChI=1S/C29H26N2O3/c1-20-10-11-30-26(13-20)28(33)18-27(32)25-16-23(14-22-8-4-3-5-9-22)15-24(17-25)19-31-12-6-7-21(2)29(31)34/h3-13,15-17H,14,18-19H2,1-2H3. The lowest BCUT2D eigenvalue weighted by Crippen LogP contribution is -2.22. The third-order valence-electron chi connectivity index (χ3n) is 5.71. The molecule has 0 aliphatic rings. The second kappa shape index (κ2) is 10.2. The Morgan fingerprint density at radius 2 is 1.59 bits per heavy atom. The molecule has 4 aromatic rings. The Labute approximate surface area is 198 Å². The summed E-state index contributed by atoms with van der Waals surface area (Å²) in [5.74, 6) is -0.570. The summed E-state index contributed by atoms with van der Waals surface area (Å²) < 4.78 is 1.63. The zero-order valence-corrected chi connectivity index (χ0v) is 19.3. The quantitative estimate of drug-likeness (QED) is 0.281. The maximum Gasteiger partial charge on any atom is 0.253 e. The number of carbonyl (C=O) groups is 2. The molecule has 5 nitrogen and oxygen atoms in total. The highest BCUT2D eigenvalue weighted by Gasteiger charge is 2.17. The summed E-state index contributed by atoms with van der Waals surface area (Å²) in [6.07, 6.45) is 3.71. The molecule has 0 aliphatic heterocycles. The van der Waals surface area contributed by atoms with E-state index >= 15 is 0 Å². The van der Waals surface area contributed by atoms with Gasteiger partial charge in [0.1, 0.15) is 5.69 Å². The number of benzene rings is 2. The molecule has 0 fully saturated rings. The third kappa shape index (κ3) is 5.62. The van der Waals surface area contributed by atoms with Gasteiger partial charge < -0.3 is 4.57 Å². The molecule has 0 bridgehead atoms. The van der Waals surface area contributed by atoms with Crippen LogP contribution in [0.3, 0.4) is 0 Å². The molecule has 0 amide bonds.